The third-order valence-electron chi connectivity index (χ3n) is 3.75. The maximum absolute atomic E-state index is 4.66. The first-order valence-corrected chi connectivity index (χ1v) is 7.99. The van der Waals surface area contributed by atoms with Crippen LogP contribution in [0.3, 0.4) is 0 Å². The molecule has 1 atom stereocenters. The van der Waals surface area contributed by atoms with Gasteiger partial charge in [0.2, 0.25) is 5.95 Å². The summed E-state index contributed by atoms with van der Waals surface area (Å²) in [6.45, 7) is 8.21. The molecule has 0 radical (unpaired) electrons. The van der Waals surface area contributed by atoms with Crippen LogP contribution in [0.15, 0.2) is 17.5 Å². The summed E-state index contributed by atoms with van der Waals surface area (Å²) >= 11 is 1.87. The molecule has 0 saturated heterocycles. The van der Waals surface area contributed by atoms with Crippen LogP contribution in [-0.4, -0.2) is 23.1 Å². The summed E-state index contributed by atoms with van der Waals surface area (Å²) in [4.78, 5) is 13.0. The fourth-order valence-electron chi connectivity index (χ4n) is 2.76. The van der Waals surface area contributed by atoms with Crippen molar-refractivity contribution in [3.63, 3.8) is 0 Å². The largest absolute Gasteiger partial charge is 0.354 e. The standard InChI is InChI=1S/C15H20N4S/c1-4-16-15-17-10(2)9-14(18-15)19-7-5-13-12(11(19)3)6-8-20-13/h6,8-9,11H,4-5,7H2,1-3H3,(H,16,17,18). The van der Waals surface area contributed by atoms with Crippen LogP contribution < -0.4 is 10.2 Å². The van der Waals surface area contributed by atoms with Crippen molar-refractivity contribution < 1.29 is 0 Å². The van der Waals surface area contributed by atoms with Crippen LogP contribution in [-0.2, 0) is 6.42 Å². The third-order valence-corrected chi connectivity index (χ3v) is 4.74. The second-order valence-corrected chi connectivity index (χ2v) is 6.14. The minimum absolute atomic E-state index is 0.383. The number of aryl methyl sites for hydroxylation is 1. The van der Waals surface area contributed by atoms with E-state index >= 15 is 0 Å². The van der Waals surface area contributed by atoms with Gasteiger partial charge < -0.3 is 10.2 Å². The zero-order valence-electron chi connectivity index (χ0n) is 12.2. The van der Waals surface area contributed by atoms with Crippen LogP contribution in [0.25, 0.3) is 0 Å². The lowest BCUT2D eigenvalue weighted by molar-refractivity contribution is 0.624. The van der Waals surface area contributed by atoms with Crippen molar-refractivity contribution in [1.29, 1.82) is 0 Å². The maximum Gasteiger partial charge on any atom is 0.224 e. The minimum Gasteiger partial charge on any atom is -0.354 e. The van der Waals surface area contributed by atoms with Gasteiger partial charge in [0, 0.05) is 29.7 Å². The SMILES string of the molecule is CCNc1nc(C)cc(N2CCc3sccc3C2C)n1. The van der Waals surface area contributed by atoms with Gasteiger partial charge in [-0.05, 0) is 44.2 Å². The summed E-state index contributed by atoms with van der Waals surface area (Å²) in [6, 6.07) is 4.71. The third kappa shape index (κ3) is 2.38. The second kappa shape index (κ2) is 5.40. The first kappa shape index (κ1) is 13.4. The van der Waals surface area contributed by atoms with Gasteiger partial charge in [0.15, 0.2) is 0 Å². The highest BCUT2D eigenvalue weighted by atomic mass is 32.1. The van der Waals surface area contributed by atoms with E-state index in [0.717, 1.165) is 37.0 Å². The molecule has 3 heterocycles. The molecule has 4 nitrogen and oxygen atoms in total. The monoisotopic (exact) mass is 288 g/mol. The number of nitrogens with one attached hydrogen (secondary N) is 1. The molecule has 0 amide bonds. The average molecular weight is 288 g/mol. The molecule has 20 heavy (non-hydrogen) atoms. The van der Waals surface area contributed by atoms with E-state index < -0.39 is 0 Å². The van der Waals surface area contributed by atoms with Gasteiger partial charge in [-0.1, -0.05) is 0 Å². The Morgan fingerprint density at radius 3 is 3.10 bits per heavy atom. The van der Waals surface area contributed by atoms with E-state index in [-0.39, 0.29) is 0 Å². The van der Waals surface area contributed by atoms with Gasteiger partial charge in [-0.3, -0.25) is 0 Å². The first-order chi connectivity index (χ1) is 9.69. The highest BCUT2D eigenvalue weighted by Gasteiger charge is 2.26. The number of thiophene rings is 1. The molecule has 0 aromatic carbocycles. The Kier molecular flexibility index (Phi) is 3.61. The fraction of sp³-hybridized carbons (Fsp3) is 0.467. The number of hydrogen-bond donors (Lipinski definition) is 1. The molecule has 2 aromatic rings. The maximum atomic E-state index is 4.66. The summed E-state index contributed by atoms with van der Waals surface area (Å²) in [5, 5.41) is 5.40. The number of aromatic nitrogens is 2. The van der Waals surface area contributed by atoms with Gasteiger partial charge >= 0.3 is 0 Å². The zero-order chi connectivity index (χ0) is 14.1. The number of nitrogens with zero attached hydrogens (tertiary/aromatic N) is 3. The summed E-state index contributed by atoms with van der Waals surface area (Å²) in [5.74, 6) is 1.75. The van der Waals surface area contributed by atoms with Gasteiger partial charge in [-0.15, -0.1) is 11.3 Å². The average Bonchev–Trinajstić information content (AvgIpc) is 2.88. The lowest BCUT2D eigenvalue weighted by Crippen LogP contribution is -2.34. The van der Waals surface area contributed by atoms with Gasteiger partial charge in [0.1, 0.15) is 5.82 Å². The van der Waals surface area contributed by atoms with E-state index in [9.17, 15) is 0 Å². The van der Waals surface area contributed by atoms with E-state index in [1.807, 2.05) is 18.3 Å². The van der Waals surface area contributed by atoms with Crippen molar-refractivity contribution in [2.75, 3.05) is 23.3 Å². The van der Waals surface area contributed by atoms with Crippen LogP contribution in [0.4, 0.5) is 11.8 Å². The van der Waals surface area contributed by atoms with Gasteiger partial charge in [0.25, 0.3) is 0 Å². The molecule has 5 heteroatoms. The molecule has 0 spiro atoms. The topological polar surface area (TPSA) is 41.1 Å². The van der Waals surface area contributed by atoms with E-state index in [1.54, 1.807) is 0 Å². The zero-order valence-corrected chi connectivity index (χ0v) is 13.0. The number of hydrogen-bond acceptors (Lipinski definition) is 5. The Morgan fingerprint density at radius 2 is 2.30 bits per heavy atom. The minimum atomic E-state index is 0.383. The second-order valence-electron chi connectivity index (χ2n) is 5.14. The first-order valence-electron chi connectivity index (χ1n) is 7.11. The molecular formula is C15H20N4S. The lowest BCUT2D eigenvalue weighted by Gasteiger charge is -2.34. The molecule has 1 aliphatic rings. The summed E-state index contributed by atoms with van der Waals surface area (Å²) in [7, 11) is 0. The van der Waals surface area contributed by atoms with E-state index in [4.69, 9.17) is 0 Å². The summed E-state index contributed by atoms with van der Waals surface area (Å²) < 4.78 is 0. The number of fused-ring (bicyclic) bond motifs is 1. The Balaban J connectivity index is 1.93. The fourth-order valence-corrected chi connectivity index (χ4v) is 3.72. The normalized spacial score (nSPS) is 17.9. The predicted octanol–water partition coefficient (Wildman–Crippen LogP) is 3.40. The molecule has 1 N–H and O–H groups in total. The number of anilines is 2. The highest BCUT2D eigenvalue weighted by Crippen LogP contribution is 2.35. The molecule has 1 unspecified atom stereocenters. The van der Waals surface area contributed by atoms with Crippen molar-refractivity contribution in [1.82, 2.24) is 9.97 Å². The molecular weight excluding hydrogens is 268 g/mol. The van der Waals surface area contributed by atoms with E-state index in [2.05, 4.69) is 51.5 Å². The van der Waals surface area contributed by atoms with Gasteiger partial charge in [-0.25, -0.2) is 4.98 Å². The Hall–Kier alpha value is -1.62. The Morgan fingerprint density at radius 1 is 1.45 bits per heavy atom. The summed E-state index contributed by atoms with van der Waals surface area (Å²) in [5.41, 5.74) is 2.46. The predicted molar refractivity (Wildman–Crippen MR) is 84.7 cm³/mol. The highest BCUT2D eigenvalue weighted by molar-refractivity contribution is 7.10. The summed E-state index contributed by atoms with van der Waals surface area (Å²) in [6.07, 6.45) is 1.11. The number of rotatable bonds is 3. The molecule has 3 rings (SSSR count). The van der Waals surface area contributed by atoms with Crippen molar-refractivity contribution in [2.45, 2.75) is 33.2 Å². The van der Waals surface area contributed by atoms with Gasteiger partial charge in [-0.2, -0.15) is 4.98 Å². The molecule has 0 bridgehead atoms. The van der Waals surface area contributed by atoms with E-state index in [1.165, 1.54) is 10.4 Å². The Bertz CT molecular complexity index is 608. The molecule has 0 saturated carbocycles. The van der Waals surface area contributed by atoms with Crippen LogP contribution in [0.2, 0.25) is 0 Å². The van der Waals surface area contributed by atoms with Crippen LogP contribution in [0.5, 0.6) is 0 Å². The lowest BCUT2D eigenvalue weighted by atomic mass is 10.0. The van der Waals surface area contributed by atoms with Crippen molar-refractivity contribution in [3.8, 4) is 0 Å². The quantitative estimate of drug-likeness (QED) is 0.940. The molecule has 0 fully saturated rings. The van der Waals surface area contributed by atoms with Crippen molar-refractivity contribution >= 4 is 23.1 Å². The molecule has 106 valence electrons. The van der Waals surface area contributed by atoms with Crippen molar-refractivity contribution in [3.05, 3.63) is 33.6 Å². The van der Waals surface area contributed by atoms with Crippen molar-refractivity contribution in [2.24, 2.45) is 0 Å². The van der Waals surface area contributed by atoms with Crippen LogP contribution in [0, 0.1) is 6.92 Å². The molecule has 2 aromatic heterocycles. The van der Waals surface area contributed by atoms with Crippen LogP contribution >= 0.6 is 11.3 Å². The molecule has 1 aliphatic heterocycles. The van der Waals surface area contributed by atoms with E-state index in [0.29, 0.717) is 6.04 Å². The molecule has 0 aliphatic carbocycles. The van der Waals surface area contributed by atoms with Crippen LogP contribution in [0.1, 0.15) is 36.0 Å². The van der Waals surface area contributed by atoms with Gasteiger partial charge in [0.05, 0.1) is 6.04 Å². The smallest absolute Gasteiger partial charge is 0.224 e. The Labute approximate surface area is 123 Å².